The van der Waals surface area contributed by atoms with Crippen molar-refractivity contribution in [2.24, 2.45) is 0 Å². The largest absolute Gasteiger partial charge is 0.493 e. The summed E-state index contributed by atoms with van der Waals surface area (Å²) < 4.78 is 21.3. The second-order valence-electron chi connectivity index (χ2n) is 6.05. The number of carbonyl (C=O) groups excluding carboxylic acids is 1. The highest BCUT2D eigenvalue weighted by molar-refractivity contribution is 8.14. The molecule has 0 saturated carbocycles. The highest BCUT2D eigenvalue weighted by atomic mass is 32.2. The average molecular weight is 405 g/mol. The molecule has 0 atom stereocenters. The molecule has 8 nitrogen and oxygen atoms in total. The number of benzene rings is 1. The summed E-state index contributed by atoms with van der Waals surface area (Å²) in [5.41, 5.74) is 1.22. The molecule has 9 heteroatoms. The van der Waals surface area contributed by atoms with Crippen LogP contribution < -0.4 is 19.1 Å². The lowest BCUT2D eigenvalue weighted by atomic mass is 10.2. The predicted molar refractivity (Wildman–Crippen MR) is 106 cm³/mol. The standard InChI is InChI=1S/C19H23N3O5S/c1-12-9-16(22-5-7-27-8-6-22)21-19(20-12)28-18(23)13-10-14(24-2)17(26-4)15(11-13)25-3/h9-11H,5-8H2,1-4H3. The molecule has 0 radical (unpaired) electrons. The summed E-state index contributed by atoms with van der Waals surface area (Å²) in [6.07, 6.45) is 0. The maximum Gasteiger partial charge on any atom is 0.227 e. The first kappa shape index (κ1) is 20.2. The Hall–Kier alpha value is -2.52. The van der Waals surface area contributed by atoms with Gasteiger partial charge >= 0.3 is 0 Å². The van der Waals surface area contributed by atoms with Crippen molar-refractivity contribution >= 4 is 22.7 Å². The van der Waals surface area contributed by atoms with Crippen LogP contribution in [0.15, 0.2) is 23.4 Å². The van der Waals surface area contributed by atoms with Crippen molar-refractivity contribution in [2.75, 3.05) is 52.5 Å². The maximum atomic E-state index is 12.8. The number of thioether (sulfide) groups is 1. The molecule has 2 heterocycles. The van der Waals surface area contributed by atoms with Crippen LogP contribution in [0.3, 0.4) is 0 Å². The van der Waals surface area contributed by atoms with Gasteiger partial charge in [-0.2, -0.15) is 0 Å². The van der Waals surface area contributed by atoms with E-state index in [2.05, 4.69) is 14.9 Å². The first-order valence-corrected chi connectivity index (χ1v) is 9.58. The Bertz CT molecular complexity index is 830. The van der Waals surface area contributed by atoms with Gasteiger partial charge in [0.15, 0.2) is 16.7 Å². The number of methoxy groups -OCH3 is 3. The van der Waals surface area contributed by atoms with E-state index in [1.54, 1.807) is 12.1 Å². The molecule has 0 aliphatic carbocycles. The number of nitrogens with zero attached hydrogens (tertiary/aromatic N) is 3. The Morgan fingerprint density at radius 1 is 1.04 bits per heavy atom. The second-order valence-corrected chi connectivity index (χ2v) is 6.99. The summed E-state index contributed by atoms with van der Waals surface area (Å²) in [6, 6.07) is 5.16. The predicted octanol–water partition coefficient (Wildman–Crippen LogP) is 2.58. The lowest BCUT2D eigenvalue weighted by Gasteiger charge is -2.28. The van der Waals surface area contributed by atoms with Crippen LogP contribution in [0.25, 0.3) is 0 Å². The number of ether oxygens (including phenoxy) is 4. The Morgan fingerprint density at radius 3 is 2.25 bits per heavy atom. The molecule has 0 unspecified atom stereocenters. The third-order valence-corrected chi connectivity index (χ3v) is 5.03. The number of aromatic nitrogens is 2. The molecular formula is C19H23N3O5S. The summed E-state index contributed by atoms with van der Waals surface area (Å²) in [6.45, 7) is 4.74. The Balaban J connectivity index is 1.85. The minimum absolute atomic E-state index is 0.210. The van der Waals surface area contributed by atoms with Crippen LogP contribution in [0.4, 0.5) is 5.82 Å². The fourth-order valence-corrected chi connectivity index (χ4v) is 3.60. The molecule has 0 N–H and O–H groups in total. The van der Waals surface area contributed by atoms with Crippen LogP contribution in [0.5, 0.6) is 17.2 Å². The lowest BCUT2D eigenvalue weighted by Crippen LogP contribution is -2.36. The van der Waals surface area contributed by atoms with Gasteiger partial charge in [0.25, 0.3) is 0 Å². The van der Waals surface area contributed by atoms with E-state index in [4.69, 9.17) is 18.9 Å². The Labute approximate surface area is 168 Å². The van der Waals surface area contributed by atoms with Crippen molar-refractivity contribution < 1.29 is 23.7 Å². The fraction of sp³-hybridized carbons (Fsp3) is 0.421. The van der Waals surface area contributed by atoms with Crippen LogP contribution in [0.2, 0.25) is 0 Å². The molecule has 1 aliphatic heterocycles. The van der Waals surface area contributed by atoms with Crippen LogP contribution in [-0.4, -0.2) is 62.7 Å². The number of morpholine rings is 1. The molecular weight excluding hydrogens is 382 g/mol. The van der Waals surface area contributed by atoms with Crippen molar-refractivity contribution in [3.05, 3.63) is 29.5 Å². The van der Waals surface area contributed by atoms with Gasteiger partial charge in [-0.05, 0) is 30.8 Å². The van der Waals surface area contributed by atoms with Crippen LogP contribution in [0.1, 0.15) is 16.1 Å². The zero-order chi connectivity index (χ0) is 20.1. The first-order valence-electron chi connectivity index (χ1n) is 8.76. The second kappa shape index (κ2) is 9.11. The van der Waals surface area contributed by atoms with Gasteiger partial charge in [-0.3, -0.25) is 4.79 Å². The third-order valence-electron chi connectivity index (χ3n) is 4.24. The molecule has 0 amide bonds. The summed E-state index contributed by atoms with van der Waals surface area (Å²) in [7, 11) is 4.54. The van der Waals surface area contributed by atoms with Gasteiger partial charge < -0.3 is 23.8 Å². The molecule has 3 rings (SSSR count). The quantitative estimate of drug-likeness (QED) is 0.532. The monoisotopic (exact) mass is 405 g/mol. The van der Waals surface area contributed by atoms with E-state index in [1.807, 2.05) is 13.0 Å². The van der Waals surface area contributed by atoms with Crippen molar-refractivity contribution in [2.45, 2.75) is 12.1 Å². The lowest BCUT2D eigenvalue weighted by molar-refractivity contribution is 0.108. The summed E-state index contributed by atoms with van der Waals surface area (Å²) in [5.74, 6) is 2.08. The maximum absolute atomic E-state index is 12.8. The molecule has 1 fully saturated rings. The van der Waals surface area contributed by atoms with Crippen LogP contribution in [0, 0.1) is 6.92 Å². The molecule has 1 aliphatic rings. The third kappa shape index (κ3) is 4.48. The van der Waals surface area contributed by atoms with Gasteiger partial charge in [-0.15, -0.1) is 0 Å². The molecule has 2 aromatic rings. The minimum atomic E-state index is -0.210. The number of rotatable bonds is 6. The van der Waals surface area contributed by atoms with E-state index < -0.39 is 0 Å². The number of hydrogen-bond acceptors (Lipinski definition) is 9. The number of hydrogen-bond donors (Lipinski definition) is 0. The van der Waals surface area contributed by atoms with E-state index in [1.165, 1.54) is 21.3 Å². The van der Waals surface area contributed by atoms with Crippen molar-refractivity contribution in [1.29, 1.82) is 0 Å². The summed E-state index contributed by atoms with van der Waals surface area (Å²) in [5, 5.41) is 0.193. The normalized spacial score (nSPS) is 13.9. The Kier molecular flexibility index (Phi) is 6.58. The van der Waals surface area contributed by atoms with Gasteiger partial charge in [-0.1, -0.05) is 0 Å². The molecule has 0 spiro atoms. The zero-order valence-electron chi connectivity index (χ0n) is 16.4. The summed E-state index contributed by atoms with van der Waals surface area (Å²) >= 11 is 0.970. The zero-order valence-corrected chi connectivity index (χ0v) is 17.2. The van der Waals surface area contributed by atoms with E-state index in [0.717, 1.165) is 36.4 Å². The average Bonchev–Trinajstić information content (AvgIpc) is 2.72. The first-order chi connectivity index (χ1) is 13.5. The van der Waals surface area contributed by atoms with Crippen LogP contribution in [-0.2, 0) is 4.74 Å². The van der Waals surface area contributed by atoms with Crippen molar-refractivity contribution in [3.63, 3.8) is 0 Å². The minimum Gasteiger partial charge on any atom is -0.493 e. The molecule has 1 aromatic carbocycles. The van der Waals surface area contributed by atoms with E-state index in [0.29, 0.717) is 41.2 Å². The van der Waals surface area contributed by atoms with Gasteiger partial charge in [0.05, 0.1) is 34.5 Å². The van der Waals surface area contributed by atoms with Crippen molar-refractivity contribution in [3.8, 4) is 17.2 Å². The molecule has 1 aromatic heterocycles. The molecule has 0 bridgehead atoms. The smallest absolute Gasteiger partial charge is 0.227 e. The molecule has 150 valence electrons. The molecule has 1 saturated heterocycles. The number of anilines is 1. The van der Waals surface area contributed by atoms with Gasteiger partial charge in [0.1, 0.15) is 5.82 Å². The topological polar surface area (TPSA) is 83.0 Å². The Morgan fingerprint density at radius 2 is 1.68 bits per heavy atom. The van der Waals surface area contributed by atoms with Gasteiger partial charge in [0, 0.05) is 30.4 Å². The van der Waals surface area contributed by atoms with E-state index in [9.17, 15) is 4.79 Å². The van der Waals surface area contributed by atoms with Gasteiger partial charge in [-0.25, -0.2) is 9.97 Å². The highest BCUT2D eigenvalue weighted by Gasteiger charge is 2.20. The SMILES string of the molecule is COc1cc(C(=O)Sc2nc(C)cc(N3CCOCC3)n2)cc(OC)c1OC. The van der Waals surface area contributed by atoms with Crippen molar-refractivity contribution in [1.82, 2.24) is 9.97 Å². The van der Waals surface area contributed by atoms with E-state index in [-0.39, 0.29) is 5.12 Å². The highest BCUT2D eigenvalue weighted by Crippen LogP contribution is 2.39. The number of carbonyl (C=O) groups is 1. The van der Waals surface area contributed by atoms with Crippen LogP contribution >= 0.6 is 11.8 Å². The molecule has 28 heavy (non-hydrogen) atoms. The number of aryl methyl sites for hydroxylation is 1. The van der Waals surface area contributed by atoms with E-state index >= 15 is 0 Å². The van der Waals surface area contributed by atoms with Gasteiger partial charge in [0.2, 0.25) is 10.9 Å². The summed E-state index contributed by atoms with van der Waals surface area (Å²) in [4.78, 5) is 23.9. The fourth-order valence-electron chi connectivity index (χ4n) is 2.87.